The van der Waals surface area contributed by atoms with Crippen molar-refractivity contribution in [2.24, 2.45) is 35.0 Å². The monoisotopic (exact) mass is 268 g/mol. The molecule has 3 aliphatic rings. The molecule has 0 aromatic carbocycles. The summed E-state index contributed by atoms with van der Waals surface area (Å²) in [6, 6.07) is 0. The second-order valence-corrected chi connectivity index (χ2v) is 7.83. The maximum atomic E-state index is 11.5. The lowest BCUT2D eigenvalue weighted by Gasteiger charge is -2.39. The van der Waals surface area contributed by atoms with Gasteiger partial charge in [-0.15, -0.1) is 0 Å². The largest absolute Gasteiger partial charge is 0.281 e. The van der Waals surface area contributed by atoms with E-state index in [1.54, 1.807) is 0 Å². The van der Waals surface area contributed by atoms with Crippen molar-refractivity contribution >= 4 is 16.8 Å². The first kappa shape index (κ1) is 13.0. The highest BCUT2D eigenvalue weighted by Crippen LogP contribution is 2.63. The van der Waals surface area contributed by atoms with Gasteiger partial charge in [-0.05, 0) is 72.8 Å². The van der Waals surface area contributed by atoms with Crippen LogP contribution < -0.4 is 0 Å². The van der Waals surface area contributed by atoms with Crippen molar-refractivity contribution in [1.82, 2.24) is 0 Å². The van der Waals surface area contributed by atoms with Crippen molar-refractivity contribution in [3.05, 3.63) is 0 Å². The number of halogens is 1. The Balaban J connectivity index is 1.85. The van der Waals surface area contributed by atoms with Gasteiger partial charge < -0.3 is 0 Å². The van der Waals surface area contributed by atoms with Gasteiger partial charge in [0, 0.05) is 5.92 Å². The zero-order valence-electron chi connectivity index (χ0n) is 11.6. The Kier molecular flexibility index (Phi) is 3.25. The van der Waals surface area contributed by atoms with Gasteiger partial charge in [0.1, 0.15) is 0 Å². The molecule has 2 heteroatoms. The zero-order valence-corrected chi connectivity index (χ0v) is 12.4. The van der Waals surface area contributed by atoms with E-state index >= 15 is 0 Å². The fourth-order valence-electron chi connectivity index (χ4n) is 5.64. The van der Waals surface area contributed by atoms with Gasteiger partial charge in [0.05, 0.1) is 0 Å². The number of carbonyl (C=O) groups excluding carboxylic acids is 1. The van der Waals surface area contributed by atoms with Crippen molar-refractivity contribution in [2.45, 2.75) is 58.8 Å². The van der Waals surface area contributed by atoms with Crippen molar-refractivity contribution in [3.8, 4) is 0 Å². The molecule has 3 fully saturated rings. The summed E-state index contributed by atoms with van der Waals surface area (Å²) in [7, 11) is 0. The van der Waals surface area contributed by atoms with Crippen LogP contribution in [-0.4, -0.2) is 5.24 Å². The molecule has 3 aliphatic carbocycles. The molecule has 18 heavy (non-hydrogen) atoms. The van der Waals surface area contributed by atoms with Crippen LogP contribution in [-0.2, 0) is 4.79 Å². The molecule has 0 aromatic heterocycles. The molecule has 0 N–H and O–H groups in total. The molecule has 0 amide bonds. The highest BCUT2D eigenvalue weighted by atomic mass is 35.5. The normalized spacial score (nSPS) is 46.3. The number of rotatable bonds is 1. The van der Waals surface area contributed by atoms with Crippen LogP contribution in [0.25, 0.3) is 0 Å². The Bertz CT molecular complexity index is 349. The molecular formula is C16H25ClO. The first-order valence-electron chi connectivity index (χ1n) is 7.71. The second-order valence-electron chi connectivity index (χ2n) is 7.46. The molecule has 0 radical (unpaired) electrons. The number of carbonyl (C=O) groups is 1. The molecule has 0 spiro atoms. The van der Waals surface area contributed by atoms with Crippen molar-refractivity contribution in [2.75, 3.05) is 0 Å². The van der Waals surface area contributed by atoms with Gasteiger partial charge in [-0.25, -0.2) is 0 Å². The maximum Gasteiger partial charge on any atom is 0.224 e. The van der Waals surface area contributed by atoms with Gasteiger partial charge in [0.2, 0.25) is 5.24 Å². The molecule has 0 heterocycles. The molecule has 5 atom stereocenters. The van der Waals surface area contributed by atoms with E-state index in [1.165, 1.54) is 32.1 Å². The molecule has 3 rings (SSSR count). The van der Waals surface area contributed by atoms with Crippen molar-refractivity contribution < 1.29 is 4.79 Å². The first-order valence-corrected chi connectivity index (χ1v) is 8.09. The van der Waals surface area contributed by atoms with E-state index in [-0.39, 0.29) is 11.2 Å². The molecule has 3 saturated carbocycles. The van der Waals surface area contributed by atoms with E-state index in [9.17, 15) is 4.79 Å². The van der Waals surface area contributed by atoms with E-state index in [0.29, 0.717) is 5.41 Å². The molecule has 0 saturated heterocycles. The predicted octanol–water partition coefficient (Wildman–Crippen LogP) is 4.63. The number of fused-ring (bicyclic) bond motifs is 3. The molecule has 0 bridgehead atoms. The highest BCUT2D eigenvalue weighted by Gasteiger charge is 2.56. The highest BCUT2D eigenvalue weighted by molar-refractivity contribution is 6.63. The summed E-state index contributed by atoms with van der Waals surface area (Å²) in [5, 5.41) is -0.0841. The van der Waals surface area contributed by atoms with E-state index in [1.807, 2.05) is 0 Å². The third-order valence-electron chi connectivity index (χ3n) is 6.51. The number of hydrogen-bond donors (Lipinski definition) is 0. The third kappa shape index (κ3) is 1.85. The van der Waals surface area contributed by atoms with Gasteiger partial charge >= 0.3 is 0 Å². The summed E-state index contributed by atoms with van der Waals surface area (Å²) in [6.45, 7) is 4.92. The second kappa shape index (κ2) is 4.51. The molecule has 1 nitrogen and oxygen atoms in total. The van der Waals surface area contributed by atoms with E-state index in [0.717, 1.165) is 36.5 Å². The average Bonchev–Trinajstić information content (AvgIpc) is 2.59. The average molecular weight is 269 g/mol. The Morgan fingerprint density at radius 3 is 2.39 bits per heavy atom. The van der Waals surface area contributed by atoms with E-state index in [2.05, 4.69) is 13.8 Å². The molecule has 0 aliphatic heterocycles. The van der Waals surface area contributed by atoms with E-state index < -0.39 is 0 Å². The molecular weight excluding hydrogens is 244 g/mol. The number of hydrogen-bond acceptors (Lipinski definition) is 1. The smallest absolute Gasteiger partial charge is 0.224 e. The molecule has 102 valence electrons. The van der Waals surface area contributed by atoms with E-state index in [4.69, 9.17) is 11.6 Å². The van der Waals surface area contributed by atoms with Gasteiger partial charge in [-0.1, -0.05) is 26.7 Å². The fourth-order valence-corrected chi connectivity index (χ4v) is 5.84. The van der Waals surface area contributed by atoms with Crippen molar-refractivity contribution in [3.63, 3.8) is 0 Å². The van der Waals surface area contributed by atoms with Crippen LogP contribution in [0.1, 0.15) is 58.8 Å². The third-order valence-corrected chi connectivity index (χ3v) is 6.81. The predicted molar refractivity (Wildman–Crippen MR) is 74.4 cm³/mol. The van der Waals surface area contributed by atoms with Crippen LogP contribution >= 0.6 is 11.6 Å². The summed E-state index contributed by atoms with van der Waals surface area (Å²) in [4.78, 5) is 11.5. The summed E-state index contributed by atoms with van der Waals surface area (Å²) in [5.74, 6) is 3.63. The first-order chi connectivity index (χ1) is 8.51. The topological polar surface area (TPSA) is 17.1 Å². The molecule has 0 aromatic rings. The zero-order chi connectivity index (χ0) is 12.9. The minimum Gasteiger partial charge on any atom is -0.281 e. The van der Waals surface area contributed by atoms with Crippen molar-refractivity contribution in [1.29, 1.82) is 0 Å². The summed E-state index contributed by atoms with van der Waals surface area (Å²) >= 11 is 5.75. The standard InChI is InChI=1S/C16H25ClO/c1-16(2)13-6-4-3-5-11(13)12-8-7-10(15(17)18)9-14(12)16/h10-14H,3-9H2,1-2H3. The minimum atomic E-state index is -0.0841. The Hall–Kier alpha value is -0.0400. The van der Waals surface area contributed by atoms with Gasteiger partial charge in [-0.2, -0.15) is 0 Å². The van der Waals surface area contributed by atoms with Gasteiger partial charge in [-0.3, -0.25) is 4.79 Å². The van der Waals surface area contributed by atoms with Crippen LogP contribution in [0, 0.1) is 35.0 Å². The lowest BCUT2D eigenvalue weighted by atomic mass is 9.66. The van der Waals surface area contributed by atoms with Gasteiger partial charge in [0.25, 0.3) is 0 Å². The lowest BCUT2D eigenvalue weighted by Crippen LogP contribution is -2.33. The minimum absolute atomic E-state index is 0.0841. The maximum absolute atomic E-state index is 11.5. The Morgan fingerprint density at radius 2 is 1.67 bits per heavy atom. The van der Waals surface area contributed by atoms with Crippen LogP contribution in [0.5, 0.6) is 0 Å². The Morgan fingerprint density at radius 1 is 1.00 bits per heavy atom. The fraction of sp³-hybridized carbons (Fsp3) is 0.938. The summed E-state index contributed by atoms with van der Waals surface area (Å²) < 4.78 is 0. The summed E-state index contributed by atoms with van der Waals surface area (Å²) in [5.41, 5.74) is 0.431. The SMILES string of the molecule is CC1(C)C2CCCCC2C2CCC(C(=O)Cl)CC21. The lowest BCUT2D eigenvalue weighted by molar-refractivity contribution is -0.117. The summed E-state index contributed by atoms with van der Waals surface area (Å²) in [6.07, 6.45) is 9.06. The quantitative estimate of drug-likeness (QED) is 0.634. The van der Waals surface area contributed by atoms with Crippen LogP contribution in [0.4, 0.5) is 0 Å². The van der Waals surface area contributed by atoms with Crippen LogP contribution in [0.15, 0.2) is 0 Å². The molecule has 5 unspecified atom stereocenters. The Labute approximate surface area is 116 Å². The van der Waals surface area contributed by atoms with Crippen LogP contribution in [0.2, 0.25) is 0 Å². The van der Waals surface area contributed by atoms with Crippen LogP contribution in [0.3, 0.4) is 0 Å². The van der Waals surface area contributed by atoms with Gasteiger partial charge in [0.15, 0.2) is 0 Å².